The summed E-state index contributed by atoms with van der Waals surface area (Å²) in [6.07, 6.45) is 0.247. The fourth-order valence-corrected chi connectivity index (χ4v) is 4.00. The summed E-state index contributed by atoms with van der Waals surface area (Å²) >= 11 is 0. The molecule has 0 saturated carbocycles. The number of rotatable bonds is 2. The summed E-state index contributed by atoms with van der Waals surface area (Å²) in [5.41, 5.74) is 5.97. The lowest BCUT2D eigenvalue weighted by Gasteiger charge is -2.35. The molecule has 0 spiro atoms. The van der Waals surface area contributed by atoms with E-state index in [0.29, 0.717) is 11.2 Å². The number of nitrogen functional groups attached to an aromatic ring is 1. The minimum Gasteiger partial charge on any atom is -0.388 e. The molecule has 0 bridgehead atoms. The van der Waals surface area contributed by atoms with Crippen molar-refractivity contribution < 1.29 is 9.84 Å². The van der Waals surface area contributed by atoms with E-state index < -0.39 is 18.0 Å². The number of aromatic nitrogens is 4. The standard InChI is InChI=1S/C18H29N5O3/c1-17(2,3)7-9-10(18(4,5)6)12(24)15(26-9)23-14-11(22-16(23)25)13(19)20-8-21-14/h8-10,12,15,24H,7H2,1-6H3,(H,22,25)(H2,19,20,21)/t9-,10?,12+,15-/m1/s1. The lowest BCUT2D eigenvalue weighted by atomic mass is 9.71. The smallest absolute Gasteiger partial charge is 0.330 e. The minimum atomic E-state index is -0.838. The second-order valence-electron chi connectivity index (χ2n) is 9.47. The molecule has 0 aromatic carbocycles. The van der Waals surface area contributed by atoms with Crippen molar-refractivity contribution in [3.8, 4) is 0 Å². The molecule has 1 unspecified atom stereocenters. The van der Waals surface area contributed by atoms with Crippen molar-refractivity contribution in [2.45, 2.75) is 66.4 Å². The van der Waals surface area contributed by atoms with Crippen LogP contribution in [0.5, 0.6) is 0 Å². The highest BCUT2D eigenvalue weighted by Gasteiger charge is 2.51. The van der Waals surface area contributed by atoms with Crippen LogP contribution in [0.15, 0.2) is 11.1 Å². The minimum absolute atomic E-state index is 0.0283. The van der Waals surface area contributed by atoms with Gasteiger partial charge in [0.05, 0.1) is 6.10 Å². The average molecular weight is 363 g/mol. The van der Waals surface area contributed by atoms with Gasteiger partial charge >= 0.3 is 5.69 Å². The van der Waals surface area contributed by atoms with E-state index in [2.05, 4.69) is 56.5 Å². The van der Waals surface area contributed by atoms with E-state index in [-0.39, 0.29) is 28.7 Å². The Bertz CT molecular complexity index is 858. The van der Waals surface area contributed by atoms with E-state index in [9.17, 15) is 9.90 Å². The van der Waals surface area contributed by atoms with Gasteiger partial charge in [-0.25, -0.2) is 19.3 Å². The Balaban J connectivity index is 2.08. The number of nitrogens with zero attached hydrogens (tertiary/aromatic N) is 3. The van der Waals surface area contributed by atoms with Gasteiger partial charge in [0, 0.05) is 5.92 Å². The molecule has 3 heterocycles. The zero-order valence-corrected chi connectivity index (χ0v) is 16.3. The third kappa shape index (κ3) is 3.23. The SMILES string of the molecule is CC(C)(C)C[C@H]1O[C@@H](n2c(=O)[nH]c3c(N)ncnc32)[C@@H](O)C1C(C)(C)C. The number of fused-ring (bicyclic) bond motifs is 1. The molecule has 8 nitrogen and oxygen atoms in total. The van der Waals surface area contributed by atoms with Crippen molar-refractivity contribution in [1.82, 2.24) is 19.5 Å². The van der Waals surface area contributed by atoms with Crippen LogP contribution >= 0.6 is 0 Å². The third-order valence-electron chi connectivity index (χ3n) is 4.98. The molecule has 2 aromatic rings. The van der Waals surface area contributed by atoms with Gasteiger partial charge in [-0.1, -0.05) is 41.5 Å². The lowest BCUT2D eigenvalue weighted by molar-refractivity contribution is -0.0467. The molecule has 26 heavy (non-hydrogen) atoms. The molecule has 8 heteroatoms. The maximum atomic E-state index is 12.6. The van der Waals surface area contributed by atoms with Crippen LogP contribution in [0.2, 0.25) is 0 Å². The number of nitrogens with one attached hydrogen (secondary N) is 1. The van der Waals surface area contributed by atoms with Crippen LogP contribution in [-0.4, -0.2) is 36.8 Å². The summed E-state index contributed by atoms with van der Waals surface area (Å²) in [5.74, 6) is 0.0692. The topological polar surface area (TPSA) is 119 Å². The number of aliphatic hydroxyl groups is 1. The van der Waals surface area contributed by atoms with Crippen molar-refractivity contribution in [3.63, 3.8) is 0 Å². The first-order chi connectivity index (χ1) is 11.9. The van der Waals surface area contributed by atoms with Crippen molar-refractivity contribution in [2.75, 3.05) is 5.73 Å². The maximum absolute atomic E-state index is 12.6. The first-order valence-electron chi connectivity index (χ1n) is 8.94. The van der Waals surface area contributed by atoms with Crippen LogP contribution in [0.25, 0.3) is 11.2 Å². The van der Waals surface area contributed by atoms with Gasteiger partial charge in [0.1, 0.15) is 17.9 Å². The van der Waals surface area contributed by atoms with E-state index in [0.717, 1.165) is 6.42 Å². The Morgan fingerprint density at radius 1 is 1.27 bits per heavy atom. The highest BCUT2D eigenvalue weighted by molar-refractivity contribution is 5.81. The summed E-state index contributed by atoms with van der Waals surface area (Å²) in [5, 5.41) is 11.1. The molecule has 3 rings (SSSR count). The molecule has 1 saturated heterocycles. The van der Waals surface area contributed by atoms with Gasteiger partial charge in [0.15, 0.2) is 17.7 Å². The summed E-state index contributed by atoms with van der Waals surface area (Å²) in [6, 6.07) is 0. The van der Waals surface area contributed by atoms with Crippen molar-refractivity contribution in [1.29, 1.82) is 0 Å². The van der Waals surface area contributed by atoms with Crippen LogP contribution in [0.1, 0.15) is 54.2 Å². The Morgan fingerprint density at radius 2 is 1.92 bits per heavy atom. The quantitative estimate of drug-likeness (QED) is 0.751. The number of hydrogen-bond acceptors (Lipinski definition) is 6. The van der Waals surface area contributed by atoms with Crippen LogP contribution < -0.4 is 11.4 Å². The molecular formula is C18H29N5O3. The zero-order chi connectivity index (χ0) is 19.4. The molecule has 144 valence electrons. The van der Waals surface area contributed by atoms with Gasteiger partial charge in [-0.2, -0.15) is 0 Å². The highest BCUT2D eigenvalue weighted by atomic mass is 16.5. The van der Waals surface area contributed by atoms with Gasteiger partial charge in [-0.15, -0.1) is 0 Å². The molecule has 2 aromatic heterocycles. The molecule has 1 aliphatic heterocycles. The molecule has 4 atom stereocenters. The van der Waals surface area contributed by atoms with Crippen LogP contribution in [0, 0.1) is 16.7 Å². The normalized spacial score (nSPS) is 27.3. The number of nitrogens with two attached hydrogens (primary N) is 1. The summed E-state index contributed by atoms with van der Waals surface area (Å²) in [7, 11) is 0. The first kappa shape index (κ1) is 18.8. The van der Waals surface area contributed by atoms with Crippen molar-refractivity contribution >= 4 is 17.0 Å². The summed E-state index contributed by atoms with van der Waals surface area (Å²) < 4.78 is 7.61. The van der Waals surface area contributed by atoms with Crippen LogP contribution in [0.3, 0.4) is 0 Å². The van der Waals surface area contributed by atoms with Crippen LogP contribution in [-0.2, 0) is 4.74 Å². The van der Waals surface area contributed by atoms with Gasteiger partial charge in [-0.3, -0.25) is 0 Å². The maximum Gasteiger partial charge on any atom is 0.330 e. The molecule has 1 fully saturated rings. The van der Waals surface area contributed by atoms with Crippen molar-refractivity contribution in [2.24, 2.45) is 16.7 Å². The molecular weight excluding hydrogens is 334 g/mol. The Kier molecular flexibility index (Phi) is 4.39. The predicted molar refractivity (Wildman–Crippen MR) is 99.5 cm³/mol. The zero-order valence-electron chi connectivity index (χ0n) is 16.3. The van der Waals surface area contributed by atoms with E-state index in [1.807, 2.05) is 0 Å². The fourth-order valence-electron chi connectivity index (χ4n) is 4.00. The molecule has 0 amide bonds. The molecule has 1 aliphatic rings. The fraction of sp³-hybridized carbons (Fsp3) is 0.722. The number of imidazole rings is 1. The van der Waals surface area contributed by atoms with E-state index >= 15 is 0 Å². The Morgan fingerprint density at radius 3 is 2.50 bits per heavy atom. The number of H-pyrrole nitrogens is 1. The van der Waals surface area contributed by atoms with Gasteiger partial charge in [0.2, 0.25) is 0 Å². The van der Waals surface area contributed by atoms with Gasteiger partial charge < -0.3 is 20.6 Å². The molecule has 0 aliphatic carbocycles. The van der Waals surface area contributed by atoms with E-state index in [1.165, 1.54) is 10.9 Å². The highest BCUT2D eigenvalue weighted by Crippen LogP contribution is 2.47. The number of aliphatic hydroxyl groups excluding tert-OH is 1. The molecule has 4 N–H and O–H groups in total. The van der Waals surface area contributed by atoms with Gasteiger partial charge in [-0.05, 0) is 17.3 Å². The summed E-state index contributed by atoms with van der Waals surface area (Å²) in [6.45, 7) is 12.7. The lowest BCUT2D eigenvalue weighted by Crippen LogP contribution is -2.38. The Hall–Kier alpha value is -1.93. The number of anilines is 1. The predicted octanol–water partition coefficient (Wildman–Crippen LogP) is 2.06. The van der Waals surface area contributed by atoms with Crippen LogP contribution in [0.4, 0.5) is 5.82 Å². The second kappa shape index (κ2) is 6.06. The second-order valence-corrected chi connectivity index (χ2v) is 9.47. The molecule has 0 radical (unpaired) electrons. The largest absolute Gasteiger partial charge is 0.388 e. The van der Waals surface area contributed by atoms with Gasteiger partial charge in [0.25, 0.3) is 0 Å². The number of ether oxygens (including phenoxy) is 1. The van der Waals surface area contributed by atoms with E-state index in [1.54, 1.807) is 0 Å². The van der Waals surface area contributed by atoms with E-state index in [4.69, 9.17) is 10.5 Å². The number of hydrogen-bond donors (Lipinski definition) is 3. The van der Waals surface area contributed by atoms with Crippen molar-refractivity contribution in [3.05, 3.63) is 16.8 Å². The monoisotopic (exact) mass is 363 g/mol. The number of aromatic amines is 1. The third-order valence-corrected chi connectivity index (χ3v) is 4.98. The Labute approximate surface area is 152 Å². The average Bonchev–Trinajstić information content (AvgIpc) is 2.94. The first-order valence-corrected chi connectivity index (χ1v) is 8.94. The summed E-state index contributed by atoms with van der Waals surface area (Å²) in [4.78, 5) is 23.3.